The van der Waals surface area contributed by atoms with Gasteiger partial charge in [0.1, 0.15) is 5.78 Å². The molecule has 0 unspecified atom stereocenters. The highest BCUT2D eigenvalue weighted by atomic mass is 16.4. The standard InChI is InChI=1S/C12H13NO3/c14-11-4-2-1-3-9(11)10-7-8(12(15)16)5-6-13-10/h5-7,9H,1-4H2,(H,15,16)/t9-/m0/s1. The molecule has 4 nitrogen and oxygen atoms in total. The summed E-state index contributed by atoms with van der Waals surface area (Å²) in [5.74, 6) is -0.999. The minimum atomic E-state index is -0.980. The van der Waals surface area contributed by atoms with E-state index in [1.54, 1.807) is 0 Å². The van der Waals surface area contributed by atoms with E-state index in [4.69, 9.17) is 5.11 Å². The van der Waals surface area contributed by atoms with E-state index in [1.165, 1.54) is 18.3 Å². The largest absolute Gasteiger partial charge is 0.478 e. The molecule has 0 bridgehead atoms. The van der Waals surface area contributed by atoms with E-state index in [9.17, 15) is 9.59 Å². The van der Waals surface area contributed by atoms with Crippen molar-refractivity contribution in [2.45, 2.75) is 31.6 Å². The molecular weight excluding hydrogens is 206 g/mol. The normalized spacial score (nSPS) is 20.8. The van der Waals surface area contributed by atoms with Gasteiger partial charge in [0.05, 0.1) is 17.2 Å². The Bertz CT molecular complexity index is 428. The fourth-order valence-electron chi connectivity index (χ4n) is 2.07. The zero-order valence-electron chi connectivity index (χ0n) is 8.85. The lowest BCUT2D eigenvalue weighted by molar-refractivity contribution is -0.121. The number of carbonyl (C=O) groups excluding carboxylic acids is 1. The number of hydrogen-bond donors (Lipinski definition) is 1. The number of carbonyl (C=O) groups is 2. The average Bonchev–Trinajstić information content (AvgIpc) is 2.30. The number of carboxylic acid groups (broad SMARTS) is 1. The van der Waals surface area contributed by atoms with Gasteiger partial charge in [0.25, 0.3) is 0 Å². The van der Waals surface area contributed by atoms with Crippen LogP contribution in [0.3, 0.4) is 0 Å². The fraction of sp³-hybridized carbons (Fsp3) is 0.417. The quantitative estimate of drug-likeness (QED) is 0.826. The van der Waals surface area contributed by atoms with Crippen LogP contribution in [0.5, 0.6) is 0 Å². The molecule has 4 heteroatoms. The van der Waals surface area contributed by atoms with E-state index in [2.05, 4.69) is 4.98 Å². The minimum Gasteiger partial charge on any atom is -0.478 e. The molecule has 1 fully saturated rings. The zero-order chi connectivity index (χ0) is 11.5. The van der Waals surface area contributed by atoms with E-state index in [0.29, 0.717) is 12.1 Å². The molecule has 16 heavy (non-hydrogen) atoms. The molecule has 84 valence electrons. The summed E-state index contributed by atoms with van der Waals surface area (Å²) in [5, 5.41) is 8.86. The Morgan fingerprint density at radius 3 is 2.94 bits per heavy atom. The molecule has 0 amide bonds. The SMILES string of the molecule is O=C(O)c1ccnc([C@@H]2CCCCC2=O)c1. The zero-order valence-corrected chi connectivity index (χ0v) is 8.85. The molecule has 1 saturated carbocycles. The van der Waals surface area contributed by atoms with Gasteiger partial charge in [-0.25, -0.2) is 4.79 Å². The van der Waals surface area contributed by atoms with Gasteiger partial charge in [0.15, 0.2) is 0 Å². The van der Waals surface area contributed by atoms with Crippen LogP contribution in [0.4, 0.5) is 0 Å². The van der Waals surface area contributed by atoms with Crippen molar-refractivity contribution in [3.8, 4) is 0 Å². The molecular formula is C12H13NO3. The first-order valence-electron chi connectivity index (χ1n) is 5.40. The molecule has 1 heterocycles. The van der Waals surface area contributed by atoms with Crippen LogP contribution in [0.1, 0.15) is 47.7 Å². The number of carboxylic acids is 1. The van der Waals surface area contributed by atoms with Gasteiger partial charge in [-0.05, 0) is 25.0 Å². The third-order valence-corrected chi connectivity index (χ3v) is 2.94. The number of pyridine rings is 1. The van der Waals surface area contributed by atoms with Crippen molar-refractivity contribution < 1.29 is 14.7 Å². The summed E-state index contributed by atoms with van der Waals surface area (Å²) in [4.78, 5) is 26.6. The van der Waals surface area contributed by atoms with Crippen LogP contribution in [-0.4, -0.2) is 21.8 Å². The van der Waals surface area contributed by atoms with Gasteiger partial charge >= 0.3 is 5.97 Å². The summed E-state index contributed by atoms with van der Waals surface area (Å²) in [6.45, 7) is 0. The summed E-state index contributed by atoms with van der Waals surface area (Å²) in [5.41, 5.74) is 0.799. The van der Waals surface area contributed by atoms with Crippen LogP contribution in [0.2, 0.25) is 0 Å². The van der Waals surface area contributed by atoms with Crippen LogP contribution in [0.25, 0.3) is 0 Å². The molecule has 1 aliphatic carbocycles. The van der Waals surface area contributed by atoms with Crippen molar-refractivity contribution in [3.05, 3.63) is 29.6 Å². The van der Waals surface area contributed by atoms with E-state index in [0.717, 1.165) is 19.3 Å². The average molecular weight is 219 g/mol. The monoisotopic (exact) mass is 219 g/mol. The molecule has 2 rings (SSSR count). The molecule has 0 saturated heterocycles. The Labute approximate surface area is 93.3 Å². The molecule has 0 aliphatic heterocycles. The summed E-state index contributed by atoms with van der Waals surface area (Å²) >= 11 is 0. The summed E-state index contributed by atoms with van der Waals surface area (Å²) < 4.78 is 0. The summed E-state index contributed by atoms with van der Waals surface area (Å²) in [7, 11) is 0. The van der Waals surface area contributed by atoms with Gasteiger partial charge in [-0.15, -0.1) is 0 Å². The lowest BCUT2D eigenvalue weighted by Crippen LogP contribution is -2.18. The number of aromatic nitrogens is 1. The molecule has 0 radical (unpaired) electrons. The van der Waals surface area contributed by atoms with E-state index in [-0.39, 0.29) is 17.3 Å². The first-order chi connectivity index (χ1) is 7.68. The Morgan fingerprint density at radius 1 is 1.44 bits per heavy atom. The second kappa shape index (κ2) is 4.43. The number of nitrogens with zero attached hydrogens (tertiary/aromatic N) is 1. The van der Waals surface area contributed by atoms with E-state index < -0.39 is 5.97 Å². The van der Waals surface area contributed by atoms with Crippen molar-refractivity contribution in [1.82, 2.24) is 4.98 Å². The number of aromatic carboxylic acids is 1. The highest BCUT2D eigenvalue weighted by Crippen LogP contribution is 2.28. The first kappa shape index (κ1) is 10.8. The Kier molecular flexibility index (Phi) is 2.99. The summed E-state index contributed by atoms with van der Waals surface area (Å²) in [6.07, 6.45) is 4.78. The highest BCUT2D eigenvalue weighted by Gasteiger charge is 2.25. The van der Waals surface area contributed by atoms with Crippen LogP contribution in [0, 0.1) is 0 Å². The molecule has 1 aromatic rings. The van der Waals surface area contributed by atoms with Crippen molar-refractivity contribution in [2.75, 3.05) is 0 Å². The predicted molar refractivity (Wildman–Crippen MR) is 57.4 cm³/mol. The smallest absolute Gasteiger partial charge is 0.335 e. The van der Waals surface area contributed by atoms with Crippen LogP contribution < -0.4 is 0 Å². The maximum atomic E-state index is 11.7. The maximum Gasteiger partial charge on any atom is 0.335 e. The van der Waals surface area contributed by atoms with E-state index >= 15 is 0 Å². The number of Topliss-reactive ketones (excluding diaryl/α,β-unsaturated/α-hetero) is 1. The number of ketones is 1. The number of hydrogen-bond acceptors (Lipinski definition) is 3. The Morgan fingerprint density at radius 2 is 2.25 bits per heavy atom. The Hall–Kier alpha value is -1.71. The fourth-order valence-corrected chi connectivity index (χ4v) is 2.07. The van der Waals surface area contributed by atoms with Crippen LogP contribution in [0.15, 0.2) is 18.3 Å². The Balaban J connectivity index is 2.28. The molecule has 0 spiro atoms. The lowest BCUT2D eigenvalue weighted by Gasteiger charge is -2.19. The topological polar surface area (TPSA) is 67.3 Å². The van der Waals surface area contributed by atoms with Crippen LogP contribution in [-0.2, 0) is 4.79 Å². The maximum absolute atomic E-state index is 11.7. The van der Waals surface area contributed by atoms with Gasteiger partial charge in [-0.2, -0.15) is 0 Å². The van der Waals surface area contributed by atoms with Gasteiger partial charge in [0, 0.05) is 12.6 Å². The second-order valence-electron chi connectivity index (χ2n) is 4.04. The van der Waals surface area contributed by atoms with E-state index in [1.807, 2.05) is 0 Å². The number of rotatable bonds is 2. The van der Waals surface area contributed by atoms with Crippen molar-refractivity contribution >= 4 is 11.8 Å². The minimum absolute atomic E-state index is 0.182. The van der Waals surface area contributed by atoms with Crippen molar-refractivity contribution in [1.29, 1.82) is 0 Å². The van der Waals surface area contributed by atoms with Crippen molar-refractivity contribution in [2.24, 2.45) is 0 Å². The molecule has 0 aromatic carbocycles. The third-order valence-electron chi connectivity index (χ3n) is 2.94. The molecule has 1 aliphatic rings. The molecule has 1 atom stereocenters. The molecule has 1 aromatic heterocycles. The van der Waals surface area contributed by atoms with Gasteiger partial charge < -0.3 is 5.11 Å². The van der Waals surface area contributed by atoms with Gasteiger partial charge in [-0.1, -0.05) is 6.42 Å². The van der Waals surface area contributed by atoms with Crippen molar-refractivity contribution in [3.63, 3.8) is 0 Å². The summed E-state index contributed by atoms with van der Waals surface area (Å²) in [6, 6.07) is 2.95. The lowest BCUT2D eigenvalue weighted by atomic mass is 9.85. The first-order valence-corrected chi connectivity index (χ1v) is 5.40. The predicted octanol–water partition coefficient (Wildman–Crippen LogP) is 2.01. The van der Waals surface area contributed by atoms with Gasteiger partial charge in [0.2, 0.25) is 0 Å². The van der Waals surface area contributed by atoms with Gasteiger partial charge in [-0.3, -0.25) is 9.78 Å². The molecule has 1 N–H and O–H groups in total. The third kappa shape index (κ3) is 2.10. The highest BCUT2D eigenvalue weighted by molar-refractivity contribution is 5.89. The van der Waals surface area contributed by atoms with Crippen LogP contribution >= 0.6 is 0 Å². The second-order valence-corrected chi connectivity index (χ2v) is 4.04.